The molecule has 0 aliphatic carbocycles. The van der Waals surface area contributed by atoms with Crippen molar-refractivity contribution in [1.82, 2.24) is 15.3 Å². The average Bonchev–Trinajstić information content (AvgIpc) is 2.25. The summed E-state index contributed by atoms with van der Waals surface area (Å²) in [5.41, 5.74) is 0.337. The zero-order chi connectivity index (χ0) is 10.2. The number of hydrogen-bond acceptors (Lipinski definition) is 5. The zero-order valence-electron chi connectivity index (χ0n) is 8.12. The maximum Gasteiger partial charge on any atom is 0.182 e. The van der Waals surface area contributed by atoms with Crippen molar-refractivity contribution in [3.05, 3.63) is 18.1 Å². The molecule has 1 aromatic rings. The molecular formula is C9H13N5. The number of rotatable bonds is 5. The highest BCUT2D eigenvalue weighted by Gasteiger charge is 2.01. The molecule has 1 rings (SSSR count). The molecule has 0 radical (unpaired) electrons. The van der Waals surface area contributed by atoms with E-state index in [0.29, 0.717) is 11.5 Å². The Bertz CT molecular complexity index is 317. The van der Waals surface area contributed by atoms with Crippen molar-refractivity contribution in [3.8, 4) is 6.07 Å². The minimum absolute atomic E-state index is 0.337. The van der Waals surface area contributed by atoms with Crippen LogP contribution in [0.3, 0.4) is 0 Å². The smallest absolute Gasteiger partial charge is 0.182 e. The third-order valence-corrected chi connectivity index (χ3v) is 1.65. The molecule has 0 spiro atoms. The summed E-state index contributed by atoms with van der Waals surface area (Å²) in [5.74, 6) is 0.549. The van der Waals surface area contributed by atoms with Crippen LogP contribution in [0.2, 0.25) is 0 Å². The van der Waals surface area contributed by atoms with Gasteiger partial charge in [0.15, 0.2) is 11.5 Å². The first-order valence-corrected chi connectivity index (χ1v) is 4.54. The lowest BCUT2D eigenvalue weighted by atomic mass is 10.4. The predicted octanol–water partition coefficient (Wildman–Crippen LogP) is 0.370. The number of aromatic nitrogens is 2. The summed E-state index contributed by atoms with van der Waals surface area (Å²) in [5, 5.41) is 14.9. The molecule has 0 aliphatic rings. The number of hydrogen-bond donors (Lipinski definition) is 2. The number of nitrogens with zero attached hydrogens (tertiary/aromatic N) is 3. The van der Waals surface area contributed by atoms with Crippen LogP contribution in [0.4, 0.5) is 5.82 Å². The number of anilines is 1. The Hall–Kier alpha value is -1.67. The van der Waals surface area contributed by atoms with Gasteiger partial charge in [0.05, 0.1) is 0 Å². The Labute approximate surface area is 83.2 Å². The molecule has 0 atom stereocenters. The van der Waals surface area contributed by atoms with Crippen molar-refractivity contribution in [2.75, 3.05) is 25.0 Å². The fraction of sp³-hybridized carbons (Fsp3) is 0.444. The fourth-order valence-electron chi connectivity index (χ4n) is 0.995. The lowest BCUT2D eigenvalue weighted by Crippen LogP contribution is -2.22. The van der Waals surface area contributed by atoms with Crippen molar-refractivity contribution >= 4 is 5.82 Å². The summed E-state index contributed by atoms with van der Waals surface area (Å²) >= 11 is 0. The van der Waals surface area contributed by atoms with Gasteiger partial charge < -0.3 is 10.6 Å². The summed E-state index contributed by atoms with van der Waals surface area (Å²) in [6.07, 6.45) is 3.07. The van der Waals surface area contributed by atoms with Gasteiger partial charge in [-0.3, -0.25) is 0 Å². The number of nitriles is 1. The largest absolute Gasteiger partial charge is 0.366 e. The van der Waals surface area contributed by atoms with Crippen molar-refractivity contribution in [2.45, 2.75) is 6.92 Å². The van der Waals surface area contributed by atoms with E-state index >= 15 is 0 Å². The Kier molecular flexibility index (Phi) is 4.38. The molecule has 0 aromatic carbocycles. The molecule has 0 amide bonds. The third kappa shape index (κ3) is 2.99. The zero-order valence-corrected chi connectivity index (χ0v) is 8.12. The molecule has 5 heteroatoms. The van der Waals surface area contributed by atoms with Crippen LogP contribution in [-0.2, 0) is 0 Å². The van der Waals surface area contributed by atoms with E-state index in [-0.39, 0.29) is 0 Å². The molecule has 2 N–H and O–H groups in total. The summed E-state index contributed by atoms with van der Waals surface area (Å²) in [7, 11) is 0. The van der Waals surface area contributed by atoms with Crippen LogP contribution in [0.5, 0.6) is 0 Å². The Morgan fingerprint density at radius 3 is 2.86 bits per heavy atom. The summed E-state index contributed by atoms with van der Waals surface area (Å²) in [4.78, 5) is 7.91. The van der Waals surface area contributed by atoms with Gasteiger partial charge in [-0.05, 0) is 6.54 Å². The molecule has 0 fully saturated rings. The molecule has 1 heterocycles. The molecule has 14 heavy (non-hydrogen) atoms. The van der Waals surface area contributed by atoms with E-state index in [2.05, 4.69) is 20.6 Å². The van der Waals surface area contributed by atoms with Crippen LogP contribution in [0.25, 0.3) is 0 Å². The third-order valence-electron chi connectivity index (χ3n) is 1.65. The molecular weight excluding hydrogens is 178 g/mol. The van der Waals surface area contributed by atoms with Crippen LogP contribution < -0.4 is 10.6 Å². The van der Waals surface area contributed by atoms with E-state index in [1.807, 2.05) is 13.0 Å². The van der Waals surface area contributed by atoms with Crippen LogP contribution >= 0.6 is 0 Å². The Balaban J connectivity index is 2.46. The van der Waals surface area contributed by atoms with Crippen molar-refractivity contribution in [1.29, 1.82) is 5.26 Å². The van der Waals surface area contributed by atoms with Gasteiger partial charge in [-0.25, -0.2) is 9.97 Å². The van der Waals surface area contributed by atoms with Gasteiger partial charge in [-0.1, -0.05) is 6.92 Å². The number of nitrogens with one attached hydrogen (secondary N) is 2. The highest BCUT2D eigenvalue weighted by molar-refractivity contribution is 5.46. The molecule has 0 bridgehead atoms. The standard InChI is InChI=1S/C9H13N5/c1-2-11-3-4-13-9-8(7-10)12-5-6-14-9/h5-6,11H,2-4H2,1H3,(H,13,14). The topological polar surface area (TPSA) is 73.6 Å². The van der Waals surface area contributed by atoms with E-state index in [4.69, 9.17) is 5.26 Å². The SMILES string of the molecule is CCNCCNc1nccnc1C#N. The van der Waals surface area contributed by atoms with Gasteiger partial charge in [0.25, 0.3) is 0 Å². The van der Waals surface area contributed by atoms with Crippen molar-refractivity contribution < 1.29 is 0 Å². The summed E-state index contributed by atoms with van der Waals surface area (Å²) in [6.45, 7) is 4.56. The van der Waals surface area contributed by atoms with Gasteiger partial charge in [0, 0.05) is 25.5 Å². The molecule has 0 unspecified atom stereocenters. The molecule has 0 saturated carbocycles. The summed E-state index contributed by atoms with van der Waals surface area (Å²) in [6, 6.07) is 1.98. The first-order valence-electron chi connectivity index (χ1n) is 4.54. The minimum Gasteiger partial charge on any atom is -0.366 e. The number of likely N-dealkylation sites (N-methyl/N-ethyl adjacent to an activating group) is 1. The second-order valence-corrected chi connectivity index (χ2v) is 2.65. The van der Waals surface area contributed by atoms with E-state index in [1.54, 1.807) is 6.20 Å². The lowest BCUT2D eigenvalue weighted by molar-refractivity contribution is 0.737. The first kappa shape index (κ1) is 10.4. The van der Waals surface area contributed by atoms with E-state index in [9.17, 15) is 0 Å². The second-order valence-electron chi connectivity index (χ2n) is 2.65. The van der Waals surface area contributed by atoms with Crippen molar-refractivity contribution in [3.63, 3.8) is 0 Å². The normalized spacial score (nSPS) is 9.43. The summed E-state index contributed by atoms with van der Waals surface area (Å²) < 4.78 is 0. The minimum atomic E-state index is 0.337. The average molecular weight is 191 g/mol. The van der Waals surface area contributed by atoms with E-state index in [1.165, 1.54) is 6.20 Å². The quantitative estimate of drug-likeness (QED) is 0.658. The lowest BCUT2D eigenvalue weighted by Gasteiger charge is -2.05. The van der Waals surface area contributed by atoms with Gasteiger partial charge in [0.2, 0.25) is 0 Å². The van der Waals surface area contributed by atoms with Gasteiger partial charge in [-0.2, -0.15) is 5.26 Å². The Morgan fingerprint density at radius 1 is 1.36 bits per heavy atom. The van der Waals surface area contributed by atoms with Gasteiger partial charge in [0.1, 0.15) is 6.07 Å². The fourth-order valence-corrected chi connectivity index (χ4v) is 0.995. The first-order chi connectivity index (χ1) is 6.88. The predicted molar refractivity (Wildman–Crippen MR) is 53.8 cm³/mol. The molecule has 0 saturated heterocycles. The van der Waals surface area contributed by atoms with E-state index < -0.39 is 0 Å². The van der Waals surface area contributed by atoms with Crippen LogP contribution in [0.1, 0.15) is 12.6 Å². The van der Waals surface area contributed by atoms with Crippen LogP contribution in [0, 0.1) is 11.3 Å². The van der Waals surface area contributed by atoms with Gasteiger partial charge >= 0.3 is 0 Å². The highest BCUT2D eigenvalue weighted by Crippen LogP contribution is 2.04. The van der Waals surface area contributed by atoms with E-state index in [0.717, 1.165) is 19.6 Å². The second kappa shape index (κ2) is 5.89. The molecule has 74 valence electrons. The van der Waals surface area contributed by atoms with Crippen LogP contribution in [0.15, 0.2) is 12.4 Å². The van der Waals surface area contributed by atoms with Crippen molar-refractivity contribution in [2.24, 2.45) is 0 Å². The maximum atomic E-state index is 8.71. The monoisotopic (exact) mass is 191 g/mol. The molecule has 5 nitrogen and oxygen atoms in total. The Morgan fingerprint density at radius 2 is 2.14 bits per heavy atom. The van der Waals surface area contributed by atoms with Crippen LogP contribution in [-0.4, -0.2) is 29.6 Å². The highest BCUT2D eigenvalue weighted by atomic mass is 15.0. The maximum absolute atomic E-state index is 8.71. The molecule has 1 aromatic heterocycles. The van der Waals surface area contributed by atoms with Gasteiger partial charge in [-0.15, -0.1) is 0 Å². The molecule has 0 aliphatic heterocycles.